The van der Waals surface area contributed by atoms with Crippen molar-refractivity contribution >= 4 is 55.5 Å². The van der Waals surface area contributed by atoms with Gasteiger partial charge in [0.05, 0.1) is 19.4 Å². The minimum Gasteiger partial charge on any atom is -0.350 e. The van der Waals surface area contributed by atoms with E-state index in [1.807, 2.05) is 0 Å². The number of aryl methyl sites for hydroxylation is 1. The number of anilines is 1. The summed E-state index contributed by atoms with van der Waals surface area (Å²) < 4.78 is 1.89. The number of nitrogens with one attached hydrogen (secondary N) is 1. The summed E-state index contributed by atoms with van der Waals surface area (Å²) in [6.45, 7) is 7.51. The number of aromatic nitrogens is 1. The smallest absolute Gasteiger partial charge is 0.261 e. The Hall–Kier alpha value is -1.67. The van der Waals surface area contributed by atoms with Crippen molar-refractivity contribution < 1.29 is 4.79 Å². The van der Waals surface area contributed by atoms with Crippen molar-refractivity contribution in [2.75, 3.05) is 44.2 Å². The molecule has 1 saturated heterocycles. The van der Waals surface area contributed by atoms with E-state index >= 15 is 0 Å². The van der Waals surface area contributed by atoms with E-state index in [-0.39, 0.29) is 5.91 Å². The van der Waals surface area contributed by atoms with E-state index in [1.54, 1.807) is 23.5 Å². The van der Waals surface area contributed by atoms with Crippen molar-refractivity contribution in [3.63, 3.8) is 0 Å². The molecule has 5 nitrogen and oxygen atoms in total. The number of nitrogens with zero attached hydrogens (tertiary/aromatic N) is 3. The molecule has 4 rings (SSSR count). The Bertz CT molecular complexity index is 946. The van der Waals surface area contributed by atoms with Crippen LogP contribution < -0.4 is 10.2 Å². The van der Waals surface area contributed by atoms with Gasteiger partial charge in [0.25, 0.3) is 5.91 Å². The second kappa shape index (κ2) is 8.14. The highest BCUT2D eigenvalue weighted by Crippen LogP contribution is 2.30. The number of carbonyl (C=O) groups is 1. The third-order valence-corrected chi connectivity index (χ3v) is 7.07. The topological polar surface area (TPSA) is 48.5 Å². The number of amides is 1. The molecule has 0 unspecified atom stereocenters. The average molecular weight is 421 g/mol. The third-order valence-electron chi connectivity index (χ3n) is 4.76. The first kappa shape index (κ1) is 18.7. The second-order valence-electron chi connectivity index (χ2n) is 6.61. The number of thiophene rings is 1. The molecule has 1 aliphatic rings. The van der Waals surface area contributed by atoms with Crippen LogP contribution in [0, 0.1) is 6.92 Å². The predicted molar refractivity (Wildman–Crippen MR) is 115 cm³/mol. The number of fused-ring (bicyclic) bond motifs is 1. The molecule has 0 bridgehead atoms. The number of thiazole rings is 1. The van der Waals surface area contributed by atoms with Gasteiger partial charge in [-0.05, 0) is 30.7 Å². The van der Waals surface area contributed by atoms with Crippen molar-refractivity contribution in [2.24, 2.45) is 0 Å². The molecular weight excluding hydrogens is 400 g/mol. The Morgan fingerprint density at radius 2 is 2.00 bits per heavy atom. The Morgan fingerprint density at radius 3 is 2.70 bits per heavy atom. The summed E-state index contributed by atoms with van der Waals surface area (Å²) in [5.41, 5.74) is 2.35. The van der Waals surface area contributed by atoms with Crippen LogP contribution in [0.3, 0.4) is 0 Å². The molecule has 0 aliphatic carbocycles. The molecule has 1 aromatic carbocycles. The quantitative estimate of drug-likeness (QED) is 0.680. The minimum absolute atomic E-state index is 0.0459. The fraction of sp³-hybridized carbons (Fsp3) is 0.368. The number of halogens is 1. The molecule has 1 amide bonds. The van der Waals surface area contributed by atoms with Gasteiger partial charge >= 0.3 is 0 Å². The van der Waals surface area contributed by atoms with Gasteiger partial charge in [0, 0.05) is 39.3 Å². The van der Waals surface area contributed by atoms with Gasteiger partial charge in [-0.15, -0.1) is 11.3 Å². The lowest BCUT2D eigenvalue weighted by molar-refractivity contribution is 0.0952. The van der Waals surface area contributed by atoms with Gasteiger partial charge < -0.3 is 10.2 Å². The van der Waals surface area contributed by atoms with E-state index in [0.717, 1.165) is 43.4 Å². The van der Waals surface area contributed by atoms with Gasteiger partial charge in [0.15, 0.2) is 5.13 Å². The molecular formula is C19H21ClN4OS2. The standard InChI is InChI=1S/C19H21ClN4OS2/c1-13-3-2-4-14-17(13)22-19(27-14)24-11-9-23(10-12-24)8-7-21-18(25)15-5-6-16(20)26-15/h2-6H,7-12H2,1H3,(H,21,25). The molecule has 1 N–H and O–H groups in total. The Labute approximate surface area is 171 Å². The SMILES string of the molecule is Cc1cccc2sc(N3CCN(CCNC(=O)c4ccc(Cl)s4)CC3)nc12. The largest absolute Gasteiger partial charge is 0.350 e. The van der Waals surface area contributed by atoms with E-state index in [0.29, 0.717) is 15.8 Å². The van der Waals surface area contributed by atoms with E-state index in [9.17, 15) is 4.79 Å². The zero-order valence-corrected chi connectivity index (χ0v) is 17.5. The van der Waals surface area contributed by atoms with Crippen LogP contribution in [-0.4, -0.2) is 55.1 Å². The van der Waals surface area contributed by atoms with Crippen molar-refractivity contribution in [3.05, 3.63) is 45.1 Å². The van der Waals surface area contributed by atoms with Crippen LogP contribution in [0.25, 0.3) is 10.2 Å². The van der Waals surface area contributed by atoms with Crippen LogP contribution in [0.4, 0.5) is 5.13 Å². The summed E-state index contributed by atoms with van der Waals surface area (Å²) in [7, 11) is 0. The van der Waals surface area contributed by atoms with E-state index in [4.69, 9.17) is 16.6 Å². The van der Waals surface area contributed by atoms with Gasteiger partial charge in [-0.2, -0.15) is 0 Å². The fourth-order valence-corrected chi connectivity index (χ4v) is 5.28. The van der Waals surface area contributed by atoms with Crippen LogP contribution >= 0.6 is 34.3 Å². The lowest BCUT2D eigenvalue weighted by Gasteiger charge is -2.34. The molecule has 27 heavy (non-hydrogen) atoms. The van der Waals surface area contributed by atoms with Crippen molar-refractivity contribution in [1.82, 2.24) is 15.2 Å². The zero-order valence-electron chi connectivity index (χ0n) is 15.1. The molecule has 1 aliphatic heterocycles. The number of hydrogen-bond acceptors (Lipinski definition) is 6. The number of rotatable bonds is 5. The minimum atomic E-state index is -0.0459. The molecule has 0 radical (unpaired) electrons. The number of carbonyl (C=O) groups excluding carboxylic acids is 1. The summed E-state index contributed by atoms with van der Waals surface area (Å²) in [4.78, 5) is 22.3. The maximum absolute atomic E-state index is 12.1. The number of para-hydroxylation sites is 1. The maximum atomic E-state index is 12.1. The Balaban J connectivity index is 1.26. The molecule has 0 spiro atoms. The fourth-order valence-electron chi connectivity index (χ4n) is 3.22. The maximum Gasteiger partial charge on any atom is 0.261 e. The van der Waals surface area contributed by atoms with Gasteiger partial charge in [0.2, 0.25) is 0 Å². The third kappa shape index (κ3) is 4.27. The molecule has 142 valence electrons. The summed E-state index contributed by atoms with van der Waals surface area (Å²) in [5, 5.41) is 4.09. The predicted octanol–water partition coefficient (Wildman–Crippen LogP) is 3.87. The van der Waals surface area contributed by atoms with Crippen molar-refractivity contribution in [2.45, 2.75) is 6.92 Å². The van der Waals surface area contributed by atoms with E-state index in [1.165, 1.54) is 21.6 Å². The molecule has 3 heterocycles. The lowest BCUT2D eigenvalue weighted by atomic mass is 10.2. The molecule has 0 saturated carbocycles. The Kier molecular flexibility index (Phi) is 5.63. The van der Waals surface area contributed by atoms with Crippen molar-refractivity contribution in [3.8, 4) is 0 Å². The Morgan fingerprint density at radius 1 is 1.19 bits per heavy atom. The highest BCUT2D eigenvalue weighted by molar-refractivity contribution is 7.22. The number of hydrogen-bond donors (Lipinski definition) is 1. The molecule has 2 aromatic heterocycles. The van der Waals surface area contributed by atoms with Gasteiger partial charge in [-0.3, -0.25) is 9.69 Å². The first-order valence-electron chi connectivity index (χ1n) is 8.97. The average Bonchev–Trinajstić information content (AvgIpc) is 3.29. The molecule has 1 fully saturated rings. The summed E-state index contributed by atoms with van der Waals surface area (Å²) in [6, 6.07) is 9.87. The second-order valence-corrected chi connectivity index (χ2v) is 9.33. The normalized spacial score (nSPS) is 15.4. The van der Waals surface area contributed by atoms with Gasteiger partial charge in [-0.1, -0.05) is 35.1 Å². The van der Waals surface area contributed by atoms with E-state index in [2.05, 4.69) is 40.2 Å². The summed E-state index contributed by atoms with van der Waals surface area (Å²) in [6.07, 6.45) is 0. The van der Waals surface area contributed by atoms with Crippen LogP contribution in [0.5, 0.6) is 0 Å². The van der Waals surface area contributed by atoms with Gasteiger partial charge in [-0.25, -0.2) is 4.98 Å². The highest BCUT2D eigenvalue weighted by atomic mass is 35.5. The van der Waals surface area contributed by atoms with Crippen LogP contribution in [0.2, 0.25) is 4.34 Å². The van der Waals surface area contributed by atoms with Crippen LogP contribution in [0.1, 0.15) is 15.2 Å². The van der Waals surface area contributed by atoms with E-state index < -0.39 is 0 Å². The first-order chi connectivity index (χ1) is 13.1. The van der Waals surface area contributed by atoms with Crippen LogP contribution in [0.15, 0.2) is 30.3 Å². The highest BCUT2D eigenvalue weighted by Gasteiger charge is 2.20. The monoisotopic (exact) mass is 420 g/mol. The van der Waals surface area contributed by atoms with Crippen molar-refractivity contribution in [1.29, 1.82) is 0 Å². The number of piperazine rings is 1. The molecule has 8 heteroatoms. The summed E-state index contributed by atoms with van der Waals surface area (Å²) >= 11 is 8.96. The summed E-state index contributed by atoms with van der Waals surface area (Å²) in [5.74, 6) is -0.0459. The number of benzene rings is 1. The molecule has 0 atom stereocenters. The van der Waals surface area contributed by atoms with Crippen LogP contribution in [-0.2, 0) is 0 Å². The first-order valence-corrected chi connectivity index (χ1v) is 11.0. The zero-order chi connectivity index (χ0) is 18.8. The van der Waals surface area contributed by atoms with Gasteiger partial charge in [0.1, 0.15) is 0 Å². The lowest BCUT2D eigenvalue weighted by Crippen LogP contribution is -2.48. The molecule has 3 aromatic rings.